The molecular formula is C11H14O2. The molecule has 0 spiro atoms. The first kappa shape index (κ1) is 8.30. The van der Waals surface area contributed by atoms with Crippen LogP contribution in [0.15, 0.2) is 30.3 Å². The van der Waals surface area contributed by atoms with Gasteiger partial charge in [-0.1, -0.05) is 30.3 Å². The number of hydrogen-bond acceptors (Lipinski definition) is 2. The number of carbonyl (C=O) groups is 1. The van der Waals surface area contributed by atoms with Crippen molar-refractivity contribution in [1.29, 1.82) is 1.43 Å². The van der Waals surface area contributed by atoms with Gasteiger partial charge in [-0.15, -0.1) is 0 Å². The Morgan fingerprint density at radius 3 is 2.62 bits per heavy atom. The van der Waals surface area contributed by atoms with Gasteiger partial charge in [-0.25, -0.2) is 0 Å². The van der Waals surface area contributed by atoms with Gasteiger partial charge in [-0.3, -0.25) is 4.79 Å². The minimum Gasteiger partial charge on any atom is -0.481 e. The van der Waals surface area contributed by atoms with Gasteiger partial charge >= 0.3 is 5.97 Å². The van der Waals surface area contributed by atoms with Crippen molar-refractivity contribution in [2.75, 3.05) is 0 Å². The van der Waals surface area contributed by atoms with Crippen LogP contribution in [0.1, 0.15) is 19.4 Å². The van der Waals surface area contributed by atoms with E-state index in [9.17, 15) is 4.79 Å². The lowest BCUT2D eigenvalue weighted by atomic mass is 9.86. The van der Waals surface area contributed by atoms with E-state index in [0.717, 1.165) is 5.56 Å². The number of rotatable bonds is 3. The maximum Gasteiger partial charge on any atom is 0.309 e. The maximum atomic E-state index is 11.2. The molecule has 13 heavy (non-hydrogen) atoms. The molecule has 0 atom stereocenters. The highest BCUT2D eigenvalue weighted by Gasteiger charge is 2.26. The molecule has 0 saturated heterocycles. The summed E-state index contributed by atoms with van der Waals surface area (Å²) in [6.45, 7) is 3.55. The van der Waals surface area contributed by atoms with Gasteiger partial charge in [0.15, 0.2) is 0 Å². The van der Waals surface area contributed by atoms with Crippen LogP contribution in [-0.2, 0) is 11.2 Å². The second kappa shape index (κ2) is 3.60. The lowest BCUT2D eigenvalue weighted by molar-refractivity contribution is -0.146. The summed E-state index contributed by atoms with van der Waals surface area (Å²) in [5.74, 6) is -0.499. The lowest BCUT2D eigenvalue weighted by Gasteiger charge is -2.18. The number of carboxylic acid groups (broad SMARTS) is 1. The van der Waals surface area contributed by atoms with Crippen LogP contribution in [-0.4, -0.2) is 11.1 Å². The zero-order valence-electron chi connectivity index (χ0n) is 8.91. The number of benzene rings is 1. The summed E-state index contributed by atoms with van der Waals surface area (Å²) < 4.78 is 6.58. The van der Waals surface area contributed by atoms with E-state index in [1.165, 1.54) is 0 Å². The molecule has 0 bridgehead atoms. The molecule has 0 aliphatic heterocycles. The monoisotopic (exact) mass is 179 g/mol. The van der Waals surface area contributed by atoms with E-state index >= 15 is 0 Å². The van der Waals surface area contributed by atoms with Crippen LogP contribution in [0.25, 0.3) is 1.43 Å². The molecule has 0 radical (unpaired) electrons. The quantitative estimate of drug-likeness (QED) is 0.773. The summed E-state index contributed by atoms with van der Waals surface area (Å²) in [5, 5.41) is 4.00. The van der Waals surface area contributed by atoms with Crippen molar-refractivity contribution in [1.82, 2.24) is 0 Å². The molecule has 1 aromatic rings. The Labute approximate surface area is 79.7 Å². The van der Waals surface area contributed by atoms with Crippen LogP contribution in [0.4, 0.5) is 0 Å². The van der Waals surface area contributed by atoms with Gasteiger partial charge in [-0.2, -0.15) is 0 Å². The molecule has 0 saturated carbocycles. The average Bonchev–Trinajstić information content (AvgIpc) is 2.17. The summed E-state index contributed by atoms with van der Waals surface area (Å²) in [5.41, 5.74) is 0.436. The van der Waals surface area contributed by atoms with Crippen LogP contribution >= 0.6 is 0 Å². The summed E-state index contributed by atoms with van der Waals surface area (Å²) in [6, 6.07) is 9.70. The number of hydrogen-bond donors (Lipinski definition) is 1. The third-order valence-corrected chi connectivity index (χ3v) is 2.04. The Kier molecular flexibility index (Phi) is 2.30. The van der Waals surface area contributed by atoms with Crippen molar-refractivity contribution in [2.24, 2.45) is 5.41 Å². The molecular weight excluding hydrogens is 164 g/mol. The lowest BCUT2D eigenvalue weighted by Crippen LogP contribution is -2.26. The fraction of sp³-hybridized carbons (Fsp3) is 0.364. The van der Waals surface area contributed by atoms with Crippen LogP contribution in [0.2, 0.25) is 0 Å². The number of aliphatic carboxylic acids is 1. The second-order valence-corrected chi connectivity index (χ2v) is 3.83. The molecule has 0 aliphatic rings. The molecule has 0 amide bonds. The molecule has 2 heteroatoms. The molecule has 0 aromatic heterocycles. The van der Waals surface area contributed by atoms with Gasteiger partial charge in [-0.05, 0) is 25.8 Å². The van der Waals surface area contributed by atoms with Crippen molar-refractivity contribution in [2.45, 2.75) is 20.3 Å². The van der Waals surface area contributed by atoms with Gasteiger partial charge < -0.3 is 5.11 Å². The normalized spacial score (nSPS) is 12.0. The molecule has 0 aliphatic carbocycles. The van der Waals surface area contributed by atoms with E-state index in [-0.39, 0.29) is 0 Å². The van der Waals surface area contributed by atoms with E-state index in [2.05, 4.69) is 5.11 Å². The molecule has 0 unspecified atom stereocenters. The van der Waals surface area contributed by atoms with Crippen LogP contribution in [0, 0.1) is 5.41 Å². The molecule has 2 nitrogen and oxygen atoms in total. The minimum absolute atomic E-state index is 0.499. The summed E-state index contributed by atoms with van der Waals surface area (Å²) in [7, 11) is 0. The fourth-order valence-electron chi connectivity index (χ4n) is 1.18. The first-order chi connectivity index (χ1) is 6.56. The van der Waals surface area contributed by atoms with E-state index in [4.69, 9.17) is 1.43 Å². The first-order valence-electron chi connectivity index (χ1n) is 4.68. The van der Waals surface area contributed by atoms with E-state index < -0.39 is 11.4 Å². The van der Waals surface area contributed by atoms with Crippen molar-refractivity contribution in [3.63, 3.8) is 0 Å². The third-order valence-electron chi connectivity index (χ3n) is 2.04. The Hall–Kier alpha value is -1.31. The van der Waals surface area contributed by atoms with Crippen LogP contribution < -0.4 is 0 Å². The minimum atomic E-state index is -0.636. The standard InChI is InChI=1S/C11H14O2/c1-11(2,10(12)13)8-9-6-4-3-5-7-9/h3-7H,8H2,1-2H3,(H,12,13)/i/hD. The molecule has 1 aromatic carbocycles. The third kappa shape index (κ3) is 2.58. The van der Waals surface area contributed by atoms with Gasteiger partial charge in [0.1, 0.15) is 0 Å². The highest BCUT2D eigenvalue weighted by molar-refractivity contribution is 5.74. The second-order valence-electron chi connectivity index (χ2n) is 3.83. The molecule has 0 fully saturated rings. The Morgan fingerprint density at radius 2 is 2.08 bits per heavy atom. The fourth-order valence-corrected chi connectivity index (χ4v) is 1.18. The zero-order chi connectivity index (χ0) is 10.6. The summed E-state index contributed by atoms with van der Waals surface area (Å²) >= 11 is 0. The van der Waals surface area contributed by atoms with Crippen LogP contribution in [0.3, 0.4) is 0 Å². The van der Waals surface area contributed by atoms with Gasteiger partial charge in [0, 0.05) is 0 Å². The number of carboxylic acids is 1. The SMILES string of the molecule is [2H]OC(=O)C(C)(C)Cc1ccccc1. The molecule has 0 heterocycles. The maximum absolute atomic E-state index is 11.2. The Balaban J connectivity index is 2.73. The van der Waals surface area contributed by atoms with Crippen LogP contribution in [0.5, 0.6) is 0 Å². The highest BCUT2D eigenvalue weighted by Crippen LogP contribution is 2.21. The Morgan fingerprint density at radius 1 is 1.46 bits per heavy atom. The highest BCUT2D eigenvalue weighted by atomic mass is 16.4. The zero-order valence-corrected chi connectivity index (χ0v) is 7.91. The van der Waals surface area contributed by atoms with Gasteiger partial charge in [0.2, 0.25) is 0 Å². The van der Waals surface area contributed by atoms with Crippen molar-refractivity contribution < 1.29 is 9.90 Å². The molecule has 1 rings (SSSR count). The average molecular weight is 179 g/mol. The first-order valence-corrected chi connectivity index (χ1v) is 4.28. The summed E-state index contributed by atoms with van der Waals surface area (Å²) in [4.78, 5) is 11.2. The predicted octanol–water partition coefficient (Wildman–Crippen LogP) is 2.34. The largest absolute Gasteiger partial charge is 0.481 e. The Bertz CT molecular complexity index is 306. The van der Waals surface area contributed by atoms with E-state index in [1.807, 2.05) is 30.3 Å². The van der Waals surface area contributed by atoms with E-state index in [1.54, 1.807) is 13.8 Å². The smallest absolute Gasteiger partial charge is 0.309 e. The van der Waals surface area contributed by atoms with Crippen molar-refractivity contribution in [3.8, 4) is 0 Å². The van der Waals surface area contributed by atoms with Crippen molar-refractivity contribution >= 4 is 5.97 Å². The summed E-state index contributed by atoms with van der Waals surface area (Å²) in [6.07, 6.45) is 0.589. The predicted molar refractivity (Wildman–Crippen MR) is 51.6 cm³/mol. The molecule has 70 valence electrons. The van der Waals surface area contributed by atoms with E-state index in [0.29, 0.717) is 6.42 Å². The van der Waals surface area contributed by atoms with Gasteiger partial charge in [0.05, 0.1) is 5.41 Å². The molecule has 1 N–H and O–H groups in total. The van der Waals surface area contributed by atoms with Crippen molar-refractivity contribution in [3.05, 3.63) is 35.9 Å². The topological polar surface area (TPSA) is 37.3 Å². The van der Waals surface area contributed by atoms with Gasteiger partial charge in [0.25, 0.3) is 1.43 Å².